The van der Waals surface area contributed by atoms with Crippen LogP contribution in [-0.2, 0) is 24.2 Å². The van der Waals surface area contributed by atoms with E-state index in [4.69, 9.17) is 4.52 Å². The Kier molecular flexibility index (Phi) is 11.3. The average molecular weight is 514 g/mol. The zero-order valence-electron chi connectivity index (χ0n) is 17.5. The highest BCUT2D eigenvalue weighted by Crippen LogP contribution is 2.16. The number of nitrogens with one attached hydrogen (secondary N) is 3. The van der Waals surface area contributed by atoms with Crippen molar-refractivity contribution in [2.24, 2.45) is 4.99 Å². The van der Waals surface area contributed by atoms with Crippen LogP contribution in [0.5, 0.6) is 0 Å². The van der Waals surface area contributed by atoms with Crippen LogP contribution in [0.25, 0.3) is 0 Å². The maximum Gasteiger partial charge on any atom is 0.227 e. The number of amides is 1. The van der Waals surface area contributed by atoms with Gasteiger partial charge in [0.05, 0.1) is 12.2 Å². The number of hydrogen-bond donors (Lipinski definition) is 3. The number of anilines is 1. The molecule has 2 aromatic rings. The molecule has 0 aromatic carbocycles. The Labute approximate surface area is 189 Å². The summed E-state index contributed by atoms with van der Waals surface area (Å²) in [6.45, 7) is 9.74. The van der Waals surface area contributed by atoms with Gasteiger partial charge >= 0.3 is 0 Å². The molecule has 0 aliphatic heterocycles. The zero-order chi connectivity index (χ0) is 20.4. The first kappa shape index (κ1) is 24.9. The third kappa shape index (κ3) is 8.00. The summed E-state index contributed by atoms with van der Waals surface area (Å²) in [7, 11) is 0. The molecule has 0 spiro atoms. The summed E-state index contributed by atoms with van der Waals surface area (Å²) in [6, 6.07) is 3.71. The number of aromatic nitrogens is 2. The van der Waals surface area contributed by atoms with E-state index < -0.39 is 0 Å². The van der Waals surface area contributed by atoms with Crippen molar-refractivity contribution in [2.45, 2.75) is 53.5 Å². The number of aliphatic imine (C=N–C) groups is 1. The van der Waals surface area contributed by atoms with E-state index in [-0.39, 0.29) is 29.9 Å². The minimum atomic E-state index is -0.0970. The molecule has 0 radical (unpaired) electrons. The largest absolute Gasteiger partial charge is 0.361 e. The Balaban J connectivity index is 0.00000420. The molecule has 0 aliphatic carbocycles. The summed E-state index contributed by atoms with van der Waals surface area (Å²) in [4.78, 5) is 20.9. The number of rotatable bonds is 9. The normalized spacial score (nSPS) is 11.0. The second-order valence-electron chi connectivity index (χ2n) is 6.38. The van der Waals surface area contributed by atoms with Gasteiger partial charge in [0.25, 0.3) is 0 Å². The van der Waals surface area contributed by atoms with Crippen LogP contribution >= 0.6 is 24.0 Å². The van der Waals surface area contributed by atoms with E-state index in [0.29, 0.717) is 31.3 Å². The van der Waals surface area contributed by atoms with Gasteiger partial charge in [0.15, 0.2) is 5.96 Å². The lowest BCUT2D eigenvalue weighted by Crippen LogP contribution is -2.38. The lowest BCUT2D eigenvalue weighted by Gasteiger charge is -2.11. The van der Waals surface area contributed by atoms with Crippen molar-refractivity contribution in [1.82, 2.24) is 20.8 Å². The highest BCUT2D eigenvalue weighted by Gasteiger charge is 2.13. The molecule has 1 amide bonds. The van der Waals surface area contributed by atoms with Crippen molar-refractivity contribution in [2.75, 3.05) is 18.4 Å². The molecule has 2 heterocycles. The molecular weight excluding hydrogens is 483 g/mol. The molecule has 0 atom stereocenters. The summed E-state index contributed by atoms with van der Waals surface area (Å²) < 4.78 is 5.39. The van der Waals surface area contributed by atoms with Crippen LogP contribution in [0.4, 0.5) is 5.82 Å². The number of hydrogen-bond acceptors (Lipinski definition) is 5. The van der Waals surface area contributed by atoms with Crippen LogP contribution in [0.15, 0.2) is 27.8 Å². The van der Waals surface area contributed by atoms with Crippen LogP contribution < -0.4 is 16.0 Å². The smallest absolute Gasteiger partial charge is 0.227 e. The van der Waals surface area contributed by atoms with Crippen LogP contribution in [0.1, 0.15) is 49.8 Å². The van der Waals surface area contributed by atoms with Crippen LogP contribution in [0.3, 0.4) is 0 Å². The van der Waals surface area contributed by atoms with Gasteiger partial charge in [0, 0.05) is 37.7 Å². The first-order valence-corrected chi connectivity index (χ1v) is 9.78. The highest BCUT2D eigenvalue weighted by atomic mass is 127. The summed E-state index contributed by atoms with van der Waals surface area (Å²) in [5.41, 5.74) is 3.04. The van der Waals surface area contributed by atoms with Gasteiger partial charge in [-0.2, -0.15) is 0 Å². The van der Waals surface area contributed by atoms with Gasteiger partial charge in [-0.3, -0.25) is 4.79 Å². The van der Waals surface area contributed by atoms with Gasteiger partial charge in [-0.1, -0.05) is 25.1 Å². The number of pyridine rings is 1. The van der Waals surface area contributed by atoms with Gasteiger partial charge in [0.2, 0.25) is 5.91 Å². The SMILES string of the molecule is CCNC(=NCc1c(CC)noc1CC)NCCC(=O)Nc1ccc(C)cn1.I. The number of guanidine groups is 1. The summed E-state index contributed by atoms with van der Waals surface area (Å²) in [5, 5.41) is 13.3. The monoisotopic (exact) mass is 514 g/mol. The number of halogens is 1. The maximum absolute atomic E-state index is 12.1. The fraction of sp³-hybridized carbons (Fsp3) is 0.500. The molecule has 0 saturated heterocycles. The molecule has 0 bridgehead atoms. The molecule has 160 valence electrons. The van der Waals surface area contributed by atoms with Gasteiger partial charge in [-0.25, -0.2) is 9.98 Å². The third-order valence-corrected chi connectivity index (χ3v) is 4.17. The molecule has 0 fully saturated rings. The molecule has 0 saturated carbocycles. The van der Waals surface area contributed by atoms with E-state index >= 15 is 0 Å². The van der Waals surface area contributed by atoms with Gasteiger partial charge < -0.3 is 20.5 Å². The van der Waals surface area contributed by atoms with E-state index in [9.17, 15) is 4.79 Å². The van der Waals surface area contributed by atoms with Crippen molar-refractivity contribution >= 4 is 41.7 Å². The standard InChI is InChI=1S/C20H30N6O2.HI/c1-5-16-15(17(6-2)28-26-16)13-24-20(21-7-3)22-11-10-19(27)25-18-9-8-14(4)12-23-18;/h8-9,12H,5-7,10-11,13H2,1-4H3,(H2,21,22,24)(H,23,25,27);1H. The maximum atomic E-state index is 12.1. The average Bonchev–Trinajstić information content (AvgIpc) is 3.10. The number of carbonyl (C=O) groups is 1. The Hall–Kier alpha value is -2.17. The minimum Gasteiger partial charge on any atom is -0.361 e. The van der Waals surface area contributed by atoms with Crippen molar-refractivity contribution in [3.63, 3.8) is 0 Å². The van der Waals surface area contributed by atoms with E-state index in [2.05, 4.69) is 38.0 Å². The first-order valence-electron chi connectivity index (χ1n) is 9.78. The van der Waals surface area contributed by atoms with E-state index in [1.54, 1.807) is 12.3 Å². The van der Waals surface area contributed by atoms with Gasteiger partial charge in [-0.15, -0.1) is 24.0 Å². The molecule has 29 heavy (non-hydrogen) atoms. The second kappa shape index (κ2) is 13.1. The second-order valence-corrected chi connectivity index (χ2v) is 6.38. The Bertz CT molecular complexity index is 767. The van der Waals surface area contributed by atoms with E-state index in [1.807, 2.05) is 26.8 Å². The number of aryl methyl sites for hydroxylation is 3. The van der Waals surface area contributed by atoms with Gasteiger partial charge in [-0.05, 0) is 31.9 Å². The van der Waals surface area contributed by atoms with Crippen LogP contribution in [-0.4, -0.2) is 35.1 Å². The van der Waals surface area contributed by atoms with Crippen LogP contribution in [0.2, 0.25) is 0 Å². The predicted molar refractivity (Wildman–Crippen MR) is 126 cm³/mol. The lowest BCUT2D eigenvalue weighted by molar-refractivity contribution is -0.116. The topological polar surface area (TPSA) is 104 Å². The summed E-state index contributed by atoms with van der Waals surface area (Å²) in [5.74, 6) is 2.00. The van der Waals surface area contributed by atoms with Crippen molar-refractivity contribution < 1.29 is 9.32 Å². The van der Waals surface area contributed by atoms with Crippen molar-refractivity contribution in [1.29, 1.82) is 0 Å². The molecule has 0 unspecified atom stereocenters. The molecule has 2 aromatic heterocycles. The van der Waals surface area contributed by atoms with Crippen molar-refractivity contribution in [3.8, 4) is 0 Å². The van der Waals surface area contributed by atoms with Crippen LogP contribution in [0, 0.1) is 6.92 Å². The molecule has 3 N–H and O–H groups in total. The summed E-state index contributed by atoms with van der Waals surface area (Å²) in [6.07, 6.45) is 3.64. The molecule has 8 nitrogen and oxygen atoms in total. The molecule has 9 heteroatoms. The quantitative estimate of drug-likeness (QED) is 0.270. The summed E-state index contributed by atoms with van der Waals surface area (Å²) >= 11 is 0. The lowest BCUT2D eigenvalue weighted by atomic mass is 10.1. The van der Waals surface area contributed by atoms with E-state index in [1.165, 1.54) is 0 Å². The highest BCUT2D eigenvalue weighted by molar-refractivity contribution is 14.0. The first-order chi connectivity index (χ1) is 13.6. The predicted octanol–water partition coefficient (Wildman–Crippen LogP) is 3.20. The Morgan fingerprint density at radius 3 is 2.59 bits per heavy atom. The fourth-order valence-electron chi connectivity index (χ4n) is 2.66. The minimum absolute atomic E-state index is 0. The zero-order valence-corrected chi connectivity index (χ0v) is 19.9. The van der Waals surface area contributed by atoms with Gasteiger partial charge in [0.1, 0.15) is 11.6 Å². The van der Waals surface area contributed by atoms with E-state index in [0.717, 1.165) is 42.0 Å². The molecular formula is C20H31IN6O2. The Morgan fingerprint density at radius 2 is 1.97 bits per heavy atom. The number of carbonyl (C=O) groups excluding carboxylic acids is 1. The third-order valence-electron chi connectivity index (χ3n) is 4.17. The molecule has 2 rings (SSSR count). The van der Waals surface area contributed by atoms with Crippen molar-refractivity contribution in [3.05, 3.63) is 40.9 Å². The fourth-order valence-corrected chi connectivity index (χ4v) is 2.66. The Morgan fingerprint density at radius 1 is 1.17 bits per heavy atom. The molecule has 0 aliphatic rings. The number of nitrogens with zero attached hydrogens (tertiary/aromatic N) is 3.